The minimum absolute atomic E-state index is 0.0447. The molecule has 788 valence electrons. The zero-order valence-corrected chi connectivity index (χ0v) is 93.6. The predicted molar refractivity (Wildman–Crippen MR) is 575 cm³/mol. The molecule has 6 amide bonds. The monoisotopic (exact) mass is 2030 g/mol. The fraction of sp³-hybridized carbons (Fsp3) is 0.645. The van der Waals surface area contributed by atoms with Gasteiger partial charge in [-0.1, -0.05) is 40.9 Å². The molecule has 7 aliphatic heterocycles. The molecule has 0 saturated carbocycles. The van der Waals surface area contributed by atoms with E-state index in [-0.39, 0.29) is 80.0 Å². The number of hydrogen-bond donors (Lipinski definition) is 6. The van der Waals surface area contributed by atoms with Crippen molar-refractivity contribution in [3.05, 3.63) is 186 Å². The quantitative estimate of drug-likeness (QED) is 0.0343. The van der Waals surface area contributed by atoms with Crippen molar-refractivity contribution < 1.29 is 33.6 Å². The molecule has 6 N–H and O–H groups in total. The molecule has 0 radical (unpaired) electrons. The molecule has 0 bridgehead atoms. The first-order chi connectivity index (χ1) is 67.0. The summed E-state index contributed by atoms with van der Waals surface area (Å²) in [6.07, 6.45) is 23.9. The normalized spacial score (nSPS) is 19.1. The number of Topliss-reactive ketones (excluding diaryl/α,β-unsaturated/α-hetero) is 1. The highest BCUT2D eigenvalue weighted by Gasteiger charge is 2.41. The van der Waals surface area contributed by atoms with Crippen molar-refractivity contribution in [2.24, 2.45) is 5.92 Å². The lowest BCUT2D eigenvalue weighted by Gasteiger charge is -2.41. The number of rotatable bonds is 22. The van der Waals surface area contributed by atoms with Crippen LogP contribution in [0.25, 0.3) is 0 Å². The number of carbonyl (C=O) groups is 7. The average molecular weight is 2030 g/mol. The summed E-state index contributed by atoms with van der Waals surface area (Å²) in [4.78, 5) is 137. The summed E-state index contributed by atoms with van der Waals surface area (Å²) in [5, 5.41) is 27.9. The van der Waals surface area contributed by atoms with Crippen molar-refractivity contribution >= 4 is 76.0 Å². The fourth-order valence-electron chi connectivity index (χ4n) is 18.8. The van der Waals surface area contributed by atoms with Crippen LogP contribution >= 0.6 is 34.8 Å². The van der Waals surface area contributed by atoms with Gasteiger partial charge in [0.15, 0.2) is 11.5 Å². The first-order valence-electron chi connectivity index (χ1n) is 51.9. The predicted octanol–water partition coefficient (Wildman–Crippen LogP) is 17.9. The van der Waals surface area contributed by atoms with E-state index in [1.807, 2.05) is 72.7 Å². The van der Waals surface area contributed by atoms with E-state index in [9.17, 15) is 33.6 Å². The van der Waals surface area contributed by atoms with E-state index < -0.39 is 0 Å². The van der Waals surface area contributed by atoms with Crippen molar-refractivity contribution in [3.63, 3.8) is 0 Å². The van der Waals surface area contributed by atoms with E-state index in [4.69, 9.17) is 34.8 Å². The summed E-state index contributed by atoms with van der Waals surface area (Å²) in [7, 11) is 0. The van der Waals surface area contributed by atoms with Gasteiger partial charge in [-0.05, 0) is 356 Å². The second kappa shape index (κ2) is 54.0. The Balaban J connectivity index is 0.000000204. The topological polar surface area (TPSA) is 343 Å². The maximum absolute atomic E-state index is 12.5. The van der Waals surface area contributed by atoms with Crippen LogP contribution < -0.4 is 31.9 Å². The van der Waals surface area contributed by atoms with Gasteiger partial charge in [0.25, 0.3) is 35.4 Å². The van der Waals surface area contributed by atoms with Crippen molar-refractivity contribution in [2.45, 2.75) is 365 Å². The Kier molecular flexibility index (Phi) is 45.0. The average Bonchev–Trinajstić information content (AvgIpc) is 0.940. The summed E-state index contributed by atoms with van der Waals surface area (Å²) in [5.74, 6) is -0.0705. The van der Waals surface area contributed by atoms with Gasteiger partial charge in [-0.15, -0.1) is 5.10 Å². The number of pyridine rings is 4. The molecule has 30 nitrogen and oxygen atoms in total. The van der Waals surface area contributed by atoms with Gasteiger partial charge in [-0.25, -0.2) is 24.9 Å². The van der Waals surface area contributed by atoms with E-state index in [2.05, 4.69) is 262 Å². The minimum atomic E-state index is -0.184. The van der Waals surface area contributed by atoms with Crippen LogP contribution in [0.2, 0.25) is 15.1 Å². The smallest absolute Gasteiger partial charge is 0.272 e. The van der Waals surface area contributed by atoms with Gasteiger partial charge >= 0.3 is 0 Å². The van der Waals surface area contributed by atoms with Crippen LogP contribution in [0.1, 0.15) is 355 Å². The molecule has 14 rings (SSSR count). The van der Waals surface area contributed by atoms with Crippen molar-refractivity contribution in [3.8, 4) is 0 Å². The third-order valence-electron chi connectivity index (χ3n) is 29.5. The zero-order chi connectivity index (χ0) is 106. The van der Waals surface area contributed by atoms with E-state index in [1.165, 1.54) is 6.42 Å². The third-order valence-corrected chi connectivity index (χ3v) is 30.4. The van der Waals surface area contributed by atoms with Gasteiger partial charge < -0.3 is 61.3 Å². The van der Waals surface area contributed by atoms with Crippen LogP contribution in [-0.4, -0.2) is 292 Å². The largest absolute Gasteiger partial charge is 0.345 e. The number of amides is 6. The van der Waals surface area contributed by atoms with Crippen LogP contribution in [0.3, 0.4) is 0 Å². The number of aryl methyl sites for hydroxylation is 7. The van der Waals surface area contributed by atoms with Crippen molar-refractivity contribution in [2.75, 3.05) is 91.6 Å². The molecule has 7 fully saturated rings. The molecule has 7 aliphatic rings. The standard InChI is InChI=1S/C17H27N3O.C16H24ClN3O.C16H23ClN2O.C16H26N4O.C15H22ClN3O.2C15H24N4O/c1-12(2)20-10-8-17(5,9-11-20)19-16(21)15-13(3)6-7-14(4)18-15;1-11(2)20-9-7-16(4,8-10-20)19-15(21)14-13(17)6-5-12(3)18-14;1-16(2,3)19-10-8-12(11-19)6-7-14(20)15-13(17)5-4-9-18-15;1-11(2)20-8-6-16(5,7-9-20)19-15(21)14-13(4)17-10-12(3)18-14;1-11(2)19-9-6-15(3,7-10-19)18-14(20)13-12(16)5-4-8-17-13;1-11(2)19-9-5-15(4,6-10-19)18-14(20)13-12(3)16-7-8-17-13;1-11(2)19-9-6-15(4,7-10-19)17-14(20)13-12(3)5-8-16-18-13/h6-7,12H,8-11H2,1-5H3,(H,19,21);5-6,11H,7-10H2,1-4H3,(H,19,21);4-5,9,12H,6-8,10-11H2,1-3H3;10-11H,6-9H2,1-5H3,(H,19,21);4-5,8,11H,6-7,9-10H2,1-3H3,(H,18,20);7-8,11H,5-6,9-10H2,1-4H3,(H,18,20);5,8,11H,6-7,9-10H2,1-4H3,(H,17,20). The highest BCUT2D eigenvalue weighted by atomic mass is 35.5. The van der Waals surface area contributed by atoms with E-state index in [0.29, 0.717) is 115 Å². The summed E-state index contributed by atoms with van der Waals surface area (Å²) in [6.45, 7) is 73.5. The molecule has 33 heteroatoms. The molecule has 0 aromatic carbocycles. The summed E-state index contributed by atoms with van der Waals surface area (Å²) < 4.78 is 0. The van der Waals surface area contributed by atoms with Crippen LogP contribution in [-0.2, 0) is 0 Å². The Morgan fingerprint density at radius 1 is 0.343 bits per heavy atom. The molecule has 14 heterocycles. The summed E-state index contributed by atoms with van der Waals surface area (Å²) >= 11 is 18.1. The summed E-state index contributed by atoms with van der Waals surface area (Å²) in [5.41, 5.74) is 7.80. The lowest BCUT2D eigenvalue weighted by atomic mass is 9.88. The van der Waals surface area contributed by atoms with Crippen LogP contribution in [0.15, 0.2) is 91.8 Å². The Labute approximate surface area is 869 Å². The highest BCUT2D eigenvalue weighted by molar-refractivity contribution is 6.34. The molecule has 0 spiro atoms. The van der Waals surface area contributed by atoms with Crippen LogP contribution in [0.5, 0.6) is 0 Å². The number of aromatic nitrogens is 10. The minimum Gasteiger partial charge on any atom is -0.345 e. The molecule has 7 saturated heterocycles. The maximum Gasteiger partial charge on any atom is 0.272 e. The Morgan fingerprint density at radius 3 is 1.01 bits per heavy atom. The lowest BCUT2D eigenvalue weighted by Crippen LogP contribution is -2.54. The van der Waals surface area contributed by atoms with Crippen molar-refractivity contribution in [1.82, 2.24) is 116 Å². The summed E-state index contributed by atoms with van der Waals surface area (Å²) in [6, 6.07) is 19.5. The number of nitrogens with zero attached hydrogens (tertiary/aromatic N) is 17. The Bertz CT molecular complexity index is 4850. The molecular weight excluding hydrogens is 1860 g/mol. The number of piperidine rings is 6. The Hall–Kier alpha value is -9.08. The van der Waals surface area contributed by atoms with Gasteiger partial charge in [0, 0.05) is 215 Å². The second-order valence-electron chi connectivity index (χ2n) is 44.7. The van der Waals surface area contributed by atoms with Crippen molar-refractivity contribution in [1.29, 1.82) is 0 Å². The van der Waals surface area contributed by atoms with Gasteiger partial charge in [0.2, 0.25) is 0 Å². The number of nitrogens with one attached hydrogen (secondary N) is 6. The molecule has 7 aromatic rings. The van der Waals surface area contributed by atoms with Gasteiger partial charge in [-0.2, -0.15) is 5.10 Å². The zero-order valence-electron chi connectivity index (χ0n) is 91.3. The Morgan fingerprint density at radius 2 is 0.650 bits per heavy atom. The van der Waals surface area contributed by atoms with Crippen LogP contribution in [0, 0.1) is 54.4 Å². The number of hydrogen-bond acceptors (Lipinski definition) is 24. The molecular formula is C110H170Cl3N23O7. The molecule has 7 aromatic heterocycles. The van der Waals surface area contributed by atoms with Gasteiger partial charge in [0.05, 0.1) is 32.1 Å². The fourth-order valence-corrected chi connectivity index (χ4v) is 19.4. The molecule has 143 heavy (non-hydrogen) atoms. The van der Waals surface area contributed by atoms with Gasteiger partial charge in [-0.3, -0.25) is 53.4 Å². The second-order valence-corrected chi connectivity index (χ2v) is 45.9. The number of halogens is 3. The molecule has 1 unspecified atom stereocenters. The van der Waals surface area contributed by atoms with E-state index in [0.717, 1.165) is 203 Å². The maximum atomic E-state index is 12.5. The van der Waals surface area contributed by atoms with Gasteiger partial charge in [0.1, 0.15) is 34.2 Å². The SMILES string of the molecule is CC(C)(C)N1CCC(CCC(=O)c2ncccc2Cl)C1.CC(C)N1CCC(C)(NC(=O)c2ncccc2Cl)CC1.Cc1ccc(C)c(C(=O)NC2(C)CCN(C(C)C)CC2)n1.Cc1ccc(Cl)c(C(=O)NC2(C)CCN(C(C)C)CC2)n1.Cc1ccnnc1C(=O)NC1(C)CCN(C(C)C)CC1.Cc1cnc(C)c(C(=O)NC2(C)CCN(C(C)C)CC2)n1.Cc1nccnc1C(=O)NC1(C)CCN(C(C)C)CC1. The number of ketones is 1. The highest BCUT2D eigenvalue weighted by Crippen LogP contribution is 2.34. The third kappa shape index (κ3) is 37.1. The van der Waals surface area contributed by atoms with Crippen LogP contribution in [0.4, 0.5) is 0 Å². The van der Waals surface area contributed by atoms with E-state index >= 15 is 0 Å². The number of carbonyl (C=O) groups excluding carboxylic acids is 7. The molecule has 0 aliphatic carbocycles. The lowest BCUT2D eigenvalue weighted by molar-refractivity contribution is 0.0785. The number of likely N-dealkylation sites (tertiary alicyclic amines) is 7. The van der Waals surface area contributed by atoms with E-state index in [1.54, 1.807) is 67.5 Å². The first kappa shape index (κ1) is 119. The first-order valence-corrected chi connectivity index (χ1v) is 53.0. The molecule has 1 atom stereocenters.